The molecule has 4 heteroatoms. The maximum absolute atomic E-state index is 10.6. The van der Waals surface area contributed by atoms with Crippen molar-refractivity contribution in [3.05, 3.63) is 69.3 Å². The fraction of sp³-hybridized carbons (Fsp3) is 0.0667. The molecule has 0 aliphatic heterocycles. The van der Waals surface area contributed by atoms with Crippen LogP contribution in [0, 0.1) is 0 Å². The molecule has 0 spiro atoms. The van der Waals surface area contributed by atoms with E-state index in [4.69, 9.17) is 11.6 Å². The second-order valence-electron chi connectivity index (χ2n) is 4.35. The first-order chi connectivity index (χ1) is 9.16. The van der Waals surface area contributed by atoms with Crippen molar-refractivity contribution in [3.63, 3.8) is 0 Å². The zero-order valence-corrected chi connectivity index (χ0v) is 12.2. The van der Waals surface area contributed by atoms with E-state index in [0.29, 0.717) is 10.6 Å². The first kappa shape index (κ1) is 12.7. The number of rotatable bonds is 2. The predicted octanol–water partition coefficient (Wildman–Crippen LogP) is 4.67. The number of aromatic nitrogens is 1. The van der Waals surface area contributed by atoms with Crippen LogP contribution in [0.1, 0.15) is 17.2 Å². The second-order valence-corrected chi connectivity index (χ2v) is 5.68. The third-order valence-corrected chi connectivity index (χ3v) is 4.01. The van der Waals surface area contributed by atoms with Gasteiger partial charge in [0.25, 0.3) is 0 Å². The topological polar surface area (TPSA) is 36.0 Å². The molecule has 2 N–H and O–H groups in total. The molecule has 0 aliphatic rings. The summed E-state index contributed by atoms with van der Waals surface area (Å²) in [7, 11) is 0. The molecule has 0 radical (unpaired) electrons. The maximum atomic E-state index is 10.6. The van der Waals surface area contributed by atoms with Crippen molar-refractivity contribution in [2.75, 3.05) is 0 Å². The molecule has 0 bridgehead atoms. The van der Waals surface area contributed by atoms with Crippen molar-refractivity contribution in [1.82, 2.24) is 4.98 Å². The van der Waals surface area contributed by atoms with Gasteiger partial charge in [0, 0.05) is 32.2 Å². The third-order valence-electron chi connectivity index (χ3n) is 3.18. The molecule has 0 fully saturated rings. The van der Waals surface area contributed by atoms with Crippen LogP contribution in [0.25, 0.3) is 10.9 Å². The van der Waals surface area contributed by atoms with E-state index in [0.717, 1.165) is 20.9 Å². The number of H-pyrrole nitrogens is 1. The van der Waals surface area contributed by atoms with Crippen LogP contribution in [-0.2, 0) is 0 Å². The van der Waals surface area contributed by atoms with E-state index in [1.54, 1.807) is 6.07 Å². The minimum Gasteiger partial charge on any atom is -0.384 e. The number of nitrogens with one attached hydrogen (secondary N) is 1. The molecular weight excluding hydrogens is 326 g/mol. The van der Waals surface area contributed by atoms with E-state index in [1.165, 1.54) is 0 Å². The van der Waals surface area contributed by atoms with Gasteiger partial charge in [0.05, 0.1) is 0 Å². The maximum Gasteiger partial charge on any atom is 0.106 e. The standard InChI is InChI=1S/C15H11BrClNO/c16-9-4-5-13(17)12(8-9)15(19)11-2-1-3-14-10(11)6-7-18-14/h1-8,15,18-19H. The molecule has 96 valence electrons. The van der Waals surface area contributed by atoms with E-state index < -0.39 is 6.10 Å². The van der Waals surface area contributed by atoms with Crippen molar-refractivity contribution >= 4 is 38.4 Å². The fourth-order valence-corrected chi connectivity index (χ4v) is 2.84. The smallest absolute Gasteiger partial charge is 0.106 e. The van der Waals surface area contributed by atoms with Gasteiger partial charge in [-0.2, -0.15) is 0 Å². The highest BCUT2D eigenvalue weighted by Gasteiger charge is 2.17. The number of hydrogen-bond donors (Lipinski definition) is 2. The predicted molar refractivity (Wildman–Crippen MR) is 81.5 cm³/mol. The van der Waals surface area contributed by atoms with Gasteiger partial charge in [0.2, 0.25) is 0 Å². The van der Waals surface area contributed by atoms with Crippen LogP contribution in [0.3, 0.4) is 0 Å². The summed E-state index contributed by atoms with van der Waals surface area (Å²) >= 11 is 9.58. The van der Waals surface area contributed by atoms with Crippen LogP contribution in [0.4, 0.5) is 0 Å². The molecule has 2 aromatic carbocycles. The van der Waals surface area contributed by atoms with E-state index >= 15 is 0 Å². The Morgan fingerprint density at radius 2 is 1.95 bits per heavy atom. The Balaban J connectivity index is 2.15. The summed E-state index contributed by atoms with van der Waals surface area (Å²) in [6.45, 7) is 0. The quantitative estimate of drug-likeness (QED) is 0.701. The van der Waals surface area contributed by atoms with Gasteiger partial charge in [-0.1, -0.05) is 39.7 Å². The number of benzene rings is 2. The van der Waals surface area contributed by atoms with Crippen molar-refractivity contribution in [1.29, 1.82) is 0 Å². The Labute approximate surface area is 124 Å². The Bertz CT molecular complexity index is 738. The summed E-state index contributed by atoms with van der Waals surface area (Å²) in [6, 6.07) is 13.3. The summed E-state index contributed by atoms with van der Waals surface area (Å²) in [4.78, 5) is 3.14. The third kappa shape index (κ3) is 2.29. The molecule has 19 heavy (non-hydrogen) atoms. The van der Waals surface area contributed by atoms with Gasteiger partial charge in [-0.3, -0.25) is 0 Å². The molecule has 0 saturated carbocycles. The SMILES string of the molecule is OC(c1cc(Br)ccc1Cl)c1cccc2[nH]ccc12. The Morgan fingerprint density at radius 3 is 2.79 bits per heavy atom. The molecular formula is C15H11BrClNO. The number of aliphatic hydroxyl groups excluding tert-OH is 1. The van der Waals surface area contributed by atoms with Gasteiger partial charge >= 0.3 is 0 Å². The lowest BCUT2D eigenvalue weighted by atomic mass is 9.98. The largest absolute Gasteiger partial charge is 0.384 e. The number of halogens is 2. The summed E-state index contributed by atoms with van der Waals surface area (Å²) in [5.41, 5.74) is 2.55. The average Bonchev–Trinajstić information content (AvgIpc) is 2.89. The fourth-order valence-electron chi connectivity index (χ4n) is 2.24. The average molecular weight is 337 g/mol. The Hall–Kier alpha value is -1.29. The number of aromatic amines is 1. The first-order valence-electron chi connectivity index (χ1n) is 5.86. The molecule has 1 aromatic heterocycles. The second kappa shape index (κ2) is 5.00. The van der Waals surface area contributed by atoms with Gasteiger partial charge in [-0.05, 0) is 35.9 Å². The highest BCUT2D eigenvalue weighted by atomic mass is 79.9. The molecule has 1 atom stereocenters. The molecule has 1 unspecified atom stereocenters. The molecule has 3 aromatic rings. The monoisotopic (exact) mass is 335 g/mol. The van der Waals surface area contributed by atoms with Gasteiger partial charge in [-0.15, -0.1) is 0 Å². The summed E-state index contributed by atoms with van der Waals surface area (Å²) in [5.74, 6) is 0. The van der Waals surface area contributed by atoms with Gasteiger partial charge in [-0.25, -0.2) is 0 Å². The zero-order chi connectivity index (χ0) is 13.4. The molecule has 0 saturated heterocycles. The Kier molecular flexibility index (Phi) is 3.35. The Morgan fingerprint density at radius 1 is 1.11 bits per heavy atom. The lowest BCUT2D eigenvalue weighted by Crippen LogP contribution is -2.01. The van der Waals surface area contributed by atoms with Gasteiger partial charge in [0.1, 0.15) is 6.10 Å². The molecule has 2 nitrogen and oxygen atoms in total. The van der Waals surface area contributed by atoms with E-state index in [1.807, 2.05) is 42.6 Å². The lowest BCUT2D eigenvalue weighted by molar-refractivity contribution is 0.222. The van der Waals surface area contributed by atoms with Crippen LogP contribution in [0.15, 0.2) is 53.1 Å². The van der Waals surface area contributed by atoms with Gasteiger partial charge in [0.15, 0.2) is 0 Å². The van der Waals surface area contributed by atoms with E-state index in [-0.39, 0.29) is 0 Å². The van der Waals surface area contributed by atoms with Crippen molar-refractivity contribution in [2.24, 2.45) is 0 Å². The normalized spacial score (nSPS) is 12.8. The van der Waals surface area contributed by atoms with Crippen LogP contribution < -0.4 is 0 Å². The van der Waals surface area contributed by atoms with Crippen molar-refractivity contribution in [3.8, 4) is 0 Å². The molecule has 0 amide bonds. The summed E-state index contributed by atoms with van der Waals surface area (Å²) in [5, 5.41) is 12.2. The molecule has 0 aliphatic carbocycles. The number of aliphatic hydroxyl groups is 1. The van der Waals surface area contributed by atoms with E-state index in [2.05, 4.69) is 20.9 Å². The van der Waals surface area contributed by atoms with Crippen LogP contribution in [0.2, 0.25) is 5.02 Å². The highest BCUT2D eigenvalue weighted by Crippen LogP contribution is 2.33. The lowest BCUT2D eigenvalue weighted by Gasteiger charge is -2.14. The number of hydrogen-bond acceptors (Lipinski definition) is 1. The molecule has 1 heterocycles. The van der Waals surface area contributed by atoms with Crippen LogP contribution in [-0.4, -0.2) is 10.1 Å². The van der Waals surface area contributed by atoms with E-state index in [9.17, 15) is 5.11 Å². The summed E-state index contributed by atoms with van der Waals surface area (Å²) < 4.78 is 0.896. The highest BCUT2D eigenvalue weighted by molar-refractivity contribution is 9.10. The zero-order valence-electron chi connectivity index (χ0n) is 9.90. The minimum absolute atomic E-state index is 0.559. The summed E-state index contributed by atoms with van der Waals surface area (Å²) in [6.07, 6.45) is 1.12. The molecule has 3 rings (SSSR count). The van der Waals surface area contributed by atoms with Crippen molar-refractivity contribution < 1.29 is 5.11 Å². The first-order valence-corrected chi connectivity index (χ1v) is 7.03. The van der Waals surface area contributed by atoms with Crippen LogP contribution >= 0.6 is 27.5 Å². The number of fused-ring (bicyclic) bond motifs is 1. The van der Waals surface area contributed by atoms with Crippen LogP contribution in [0.5, 0.6) is 0 Å². The van der Waals surface area contributed by atoms with Gasteiger partial charge < -0.3 is 10.1 Å². The van der Waals surface area contributed by atoms with Crippen molar-refractivity contribution in [2.45, 2.75) is 6.10 Å². The minimum atomic E-state index is -0.746.